The van der Waals surface area contributed by atoms with Gasteiger partial charge in [0.25, 0.3) is 5.91 Å². The summed E-state index contributed by atoms with van der Waals surface area (Å²) >= 11 is 0. The first-order valence-corrected chi connectivity index (χ1v) is 14.2. The fourth-order valence-corrected chi connectivity index (χ4v) is 6.60. The van der Waals surface area contributed by atoms with E-state index in [0.29, 0.717) is 19.0 Å². The number of hydrogen-bond acceptors (Lipinski definition) is 3. The van der Waals surface area contributed by atoms with Crippen molar-refractivity contribution in [2.24, 2.45) is 0 Å². The third kappa shape index (κ3) is 5.18. The van der Waals surface area contributed by atoms with E-state index in [1.54, 1.807) is 0 Å². The lowest BCUT2D eigenvalue weighted by atomic mass is 9.84. The number of halogens is 1. The number of hydrogen-bond donors (Lipinski definition) is 1. The Kier molecular flexibility index (Phi) is 7.13. The number of fused-ring (bicyclic) bond motifs is 1. The predicted octanol–water partition coefficient (Wildman–Crippen LogP) is 6.27. The van der Waals surface area contributed by atoms with E-state index in [1.165, 1.54) is 28.8 Å². The van der Waals surface area contributed by atoms with Gasteiger partial charge in [0.1, 0.15) is 11.5 Å². The third-order valence-electron chi connectivity index (χ3n) is 8.71. The predicted molar refractivity (Wildman–Crippen MR) is 156 cm³/mol. The van der Waals surface area contributed by atoms with Gasteiger partial charge in [-0.1, -0.05) is 36.4 Å². The summed E-state index contributed by atoms with van der Waals surface area (Å²) in [5.41, 5.74) is 8.19. The molecule has 1 aromatic heterocycles. The lowest BCUT2D eigenvalue weighted by Crippen LogP contribution is -2.49. The largest absolute Gasteiger partial charge is 0.368 e. The second kappa shape index (κ2) is 10.9. The molecule has 3 aromatic carbocycles. The Morgan fingerprint density at radius 3 is 2.21 bits per heavy atom. The molecular weight excluding hydrogens is 487 g/mol. The fraction of sp³-hybridized carbons (Fsp3) is 0.364. The van der Waals surface area contributed by atoms with Gasteiger partial charge in [-0.2, -0.15) is 0 Å². The number of benzene rings is 3. The number of aryl methyl sites for hydroxylation is 2. The van der Waals surface area contributed by atoms with Crippen LogP contribution in [0.15, 0.2) is 66.7 Å². The number of piperidine rings is 1. The molecule has 39 heavy (non-hydrogen) atoms. The molecule has 0 bridgehead atoms. The topological polar surface area (TPSA) is 42.6 Å². The number of carbonyl (C=O) groups excluding carboxylic acids is 1. The van der Waals surface area contributed by atoms with E-state index in [2.05, 4.69) is 65.0 Å². The van der Waals surface area contributed by atoms with Crippen LogP contribution in [0.5, 0.6) is 0 Å². The Labute approximate surface area is 230 Å². The maximum Gasteiger partial charge on any atom is 0.270 e. The monoisotopic (exact) mass is 524 g/mol. The molecule has 2 saturated heterocycles. The Bertz CT molecular complexity index is 1440. The van der Waals surface area contributed by atoms with Gasteiger partial charge in [-0.3, -0.25) is 9.69 Å². The van der Waals surface area contributed by atoms with Crippen LogP contribution in [0, 0.1) is 19.7 Å². The van der Waals surface area contributed by atoms with Crippen molar-refractivity contribution in [3.05, 3.63) is 100 Å². The molecule has 2 fully saturated rings. The minimum atomic E-state index is -0.228. The first kappa shape index (κ1) is 25.6. The van der Waals surface area contributed by atoms with E-state index in [4.69, 9.17) is 0 Å². The van der Waals surface area contributed by atoms with E-state index < -0.39 is 0 Å². The van der Waals surface area contributed by atoms with E-state index in [1.807, 2.05) is 23.1 Å². The number of rotatable bonds is 5. The number of aromatic amines is 1. The van der Waals surface area contributed by atoms with Crippen LogP contribution >= 0.6 is 0 Å². The zero-order chi connectivity index (χ0) is 26.9. The molecule has 3 heterocycles. The van der Waals surface area contributed by atoms with Gasteiger partial charge in [0, 0.05) is 54.9 Å². The highest BCUT2D eigenvalue weighted by molar-refractivity contribution is 6.01. The number of aromatic nitrogens is 1. The number of para-hydroxylation sites is 1. The van der Waals surface area contributed by atoms with Gasteiger partial charge in [-0.05, 0) is 92.7 Å². The van der Waals surface area contributed by atoms with Crippen LogP contribution in [0.1, 0.15) is 51.5 Å². The zero-order valence-electron chi connectivity index (χ0n) is 22.9. The summed E-state index contributed by atoms with van der Waals surface area (Å²) in [6.07, 6.45) is 2.28. The Balaban J connectivity index is 1.17. The second-order valence-electron chi connectivity index (χ2n) is 11.1. The maximum atomic E-state index is 13.8. The number of amides is 1. The number of anilines is 1. The van der Waals surface area contributed by atoms with E-state index in [9.17, 15) is 9.18 Å². The first-order valence-electron chi connectivity index (χ1n) is 14.2. The summed E-state index contributed by atoms with van der Waals surface area (Å²) in [7, 11) is 0. The van der Waals surface area contributed by atoms with Crippen molar-refractivity contribution < 1.29 is 9.18 Å². The fourth-order valence-electron chi connectivity index (χ4n) is 6.60. The summed E-state index contributed by atoms with van der Waals surface area (Å²) in [5.74, 6) is 0.447. The SMILES string of the molecule is Cc1cccc(C)c1C1CCN(Cc2c(C(=O)N3CCN(c4ccc(F)cc4)CC3)[nH]c3ccccc23)CC1. The summed E-state index contributed by atoms with van der Waals surface area (Å²) < 4.78 is 13.4. The molecular formula is C33H37FN4O. The van der Waals surface area contributed by atoms with Crippen molar-refractivity contribution in [1.29, 1.82) is 0 Å². The van der Waals surface area contributed by atoms with E-state index >= 15 is 0 Å². The zero-order valence-corrected chi connectivity index (χ0v) is 22.9. The average molecular weight is 525 g/mol. The van der Waals surface area contributed by atoms with Gasteiger partial charge in [0.2, 0.25) is 0 Å². The van der Waals surface area contributed by atoms with Gasteiger partial charge in [0.15, 0.2) is 0 Å². The quantitative estimate of drug-likeness (QED) is 0.335. The molecule has 2 aliphatic heterocycles. The number of piperazine rings is 1. The molecule has 0 atom stereocenters. The Hall–Kier alpha value is -3.64. The molecule has 0 saturated carbocycles. The minimum Gasteiger partial charge on any atom is -0.368 e. The molecule has 2 aliphatic rings. The number of likely N-dealkylation sites (tertiary alicyclic amines) is 1. The van der Waals surface area contributed by atoms with Crippen LogP contribution in [0.2, 0.25) is 0 Å². The first-order chi connectivity index (χ1) is 19.0. The molecule has 5 nitrogen and oxygen atoms in total. The highest BCUT2D eigenvalue weighted by Gasteiger charge is 2.29. The van der Waals surface area contributed by atoms with E-state index in [0.717, 1.165) is 73.4 Å². The Morgan fingerprint density at radius 2 is 1.51 bits per heavy atom. The molecule has 0 unspecified atom stereocenters. The molecule has 0 spiro atoms. The third-order valence-corrected chi connectivity index (χ3v) is 8.71. The molecule has 1 N–H and O–H groups in total. The lowest BCUT2D eigenvalue weighted by Gasteiger charge is -2.36. The summed E-state index contributed by atoms with van der Waals surface area (Å²) in [6, 6.07) is 21.5. The van der Waals surface area contributed by atoms with Gasteiger partial charge >= 0.3 is 0 Å². The van der Waals surface area contributed by atoms with Crippen LogP contribution < -0.4 is 4.90 Å². The van der Waals surface area contributed by atoms with Crippen molar-refractivity contribution in [1.82, 2.24) is 14.8 Å². The number of H-pyrrole nitrogens is 1. The molecule has 6 heteroatoms. The number of nitrogens with one attached hydrogen (secondary N) is 1. The summed E-state index contributed by atoms with van der Waals surface area (Å²) in [6.45, 7) is 10.1. The minimum absolute atomic E-state index is 0.0744. The van der Waals surface area contributed by atoms with E-state index in [-0.39, 0.29) is 11.7 Å². The summed E-state index contributed by atoms with van der Waals surface area (Å²) in [4.78, 5) is 24.0. The van der Waals surface area contributed by atoms with Gasteiger partial charge in [-0.15, -0.1) is 0 Å². The maximum absolute atomic E-state index is 13.8. The van der Waals surface area contributed by atoms with Crippen molar-refractivity contribution in [2.75, 3.05) is 44.2 Å². The van der Waals surface area contributed by atoms with Crippen molar-refractivity contribution in [2.45, 2.75) is 39.2 Å². The Morgan fingerprint density at radius 1 is 0.846 bits per heavy atom. The van der Waals surface area contributed by atoms with Crippen LogP contribution in [0.3, 0.4) is 0 Å². The summed E-state index contributed by atoms with van der Waals surface area (Å²) in [5, 5.41) is 1.14. The molecule has 1 amide bonds. The van der Waals surface area contributed by atoms with Crippen molar-refractivity contribution in [3.8, 4) is 0 Å². The van der Waals surface area contributed by atoms with Gasteiger partial charge < -0.3 is 14.8 Å². The molecule has 6 rings (SSSR count). The second-order valence-corrected chi connectivity index (χ2v) is 11.1. The molecule has 4 aromatic rings. The van der Waals surface area contributed by atoms with Crippen LogP contribution in [-0.2, 0) is 6.54 Å². The number of carbonyl (C=O) groups is 1. The van der Waals surface area contributed by atoms with Gasteiger partial charge in [0.05, 0.1) is 0 Å². The molecule has 0 aliphatic carbocycles. The van der Waals surface area contributed by atoms with Crippen LogP contribution in [-0.4, -0.2) is 60.0 Å². The highest BCUT2D eigenvalue weighted by atomic mass is 19.1. The normalized spacial score (nSPS) is 17.2. The molecule has 202 valence electrons. The van der Waals surface area contributed by atoms with Crippen molar-refractivity contribution in [3.63, 3.8) is 0 Å². The smallest absolute Gasteiger partial charge is 0.270 e. The van der Waals surface area contributed by atoms with Crippen LogP contribution in [0.4, 0.5) is 10.1 Å². The van der Waals surface area contributed by atoms with Crippen molar-refractivity contribution >= 4 is 22.5 Å². The average Bonchev–Trinajstić information content (AvgIpc) is 3.32. The highest BCUT2D eigenvalue weighted by Crippen LogP contribution is 2.34. The molecule has 0 radical (unpaired) electrons. The lowest BCUT2D eigenvalue weighted by molar-refractivity contribution is 0.0739. The number of nitrogens with zero attached hydrogens (tertiary/aromatic N) is 3. The standard InChI is InChI=1S/C33H37FN4O/c1-23-6-5-7-24(2)31(23)25-14-16-36(17-15-25)22-29-28-8-3-4-9-30(28)35-32(29)33(39)38-20-18-37(19-21-38)27-12-10-26(34)11-13-27/h3-13,25,35H,14-22H2,1-2H3. The van der Waals surface area contributed by atoms with Crippen LogP contribution in [0.25, 0.3) is 10.9 Å². The van der Waals surface area contributed by atoms with Gasteiger partial charge in [-0.25, -0.2) is 4.39 Å².